The number of amides is 1. The van der Waals surface area contributed by atoms with Gasteiger partial charge in [-0.15, -0.1) is 10.2 Å². The summed E-state index contributed by atoms with van der Waals surface area (Å²) < 4.78 is 41.7. The van der Waals surface area contributed by atoms with E-state index in [-0.39, 0.29) is 17.3 Å². The van der Waals surface area contributed by atoms with Crippen LogP contribution in [0.4, 0.5) is 18.9 Å². The van der Waals surface area contributed by atoms with E-state index in [1.165, 1.54) is 12.1 Å². The van der Waals surface area contributed by atoms with E-state index in [9.17, 15) is 18.0 Å². The van der Waals surface area contributed by atoms with Gasteiger partial charge in [-0.2, -0.15) is 0 Å². The second-order valence-corrected chi connectivity index (χ2v) is 6.46. The Balaban J connectivity index is 1.70. The fourth-order valence-corrected chi connectivity index (χ4v) is 3.23. The Kier molecular flexibility index (Phi) is 5.80. The van der Waals surface area contributed by atoms with Gasteiger partial charge < -0.3 is 9.88 Å². The number of halogens is 3. The van der Waals surface area contributed by atoms with E-state index in [0.717, 1.165) is 23.9 Å². The number of carbonyl (C=O) groups is 1. The van der Waals surface area contributed by atoms with Crippen molar-refractivity contribution in [1.82, 2.24) is 14.8 Å². The van der Waals surface area contributed by atoms with Gasteiger partial charge in [0.2, 0.25) is 5.91 Å². The van der Waals surface area contributed by atoms with Crippen LogP contribution >= 0.6 is 11.8 Å². The number of nitrogens with one attached hydrogen (secondary N) is 1. The van der Waals surface area contributed by atoms with Crippen LogP contribution in [0.15, 0.2) is 47.6 Å². The largest absolute Gasteiger partial charge is 0.323 e. The lowest BCUT2D eigenvalue weighted by molar-refractivity contribution is -0.113. The summed E-state index contributed by atoms with van der Waals surface area (Å²) in [6, 6.07) is 8.91. The van der Waals surface area contributed by atoms with Gasteiger partial charge in [0.25, 0.3) is 0 Å². The molecular formula is C18H15F3N4OS. The summed E-state index contributed by atoms with van der Waals surface area (Å²) in [5, 5.41) is 11.0. The third-order valence-electron chi connectivity index (χ3n) is 3.65. The fourth-order valence-electron chi connectivity index (χ4n) is 2.43. The van der Waals surface area contributed by atoms with E-state index in [0.29, 0.717) is 29.2 Å². The highest BCUT2D eigenvalue weighted by molar-refractivity contribution is 7.99. The van der Waals surface area contributed by atoms with Crippen LogP contribution in [0.3, 0.4) is 0 Å². The molecule has 3 rings (SSSR count). The lowest BCUT2D eigenvalue weighted by Gasteiger charge is -2.08. The van der Waals surface area contributed by atoms with E-state index in [4.69, 9.17) is 0 Å². The Hall–Kier alpha value is -2.81. The number of aromatic nitrogens is 3. The molecule has 0 aliphatic rings. The lowest BCUT2D eigenvalue weighted by Crippen LogP contribution is -2.15. The second-order valence-electron chi connectivity index (χ2n) is 5.52. The number of nitrogens with zero attached hydrogens (tertiary/aromatic N) is 3. The fraction of sp³-hybridized carbons (Fsp3) is 0.167. The van der Waals surface area contributed by atoms with Gasteiger partial charge in [-0.1, -0.05) is 23.9 Å². The third kappa shape index (κ3) is 4.48. The normalized spacial score (nSPS) is 10.8. The Bertz CT molecular complexity index is 977. The van der Waals surface area contributed by atoms with E-state index < -0.39 is 17.5 Å². The quantitative estimate of drug-likeness (QED) is 0.642. The summed E-state index contributed by atoms with van der Waals surface area (Å²) in [7, 11) is 0. The van der Waals surface area contributed by atoms with Crippen LogP contribution in [0, 0.1) is 17.5 Å². The molecule has 9 heteroatoms. The molecule has 1 amide bonds. The molecule has 0 radical (unpaired) electrons. The first-order chi connectivity index (χ1) is 13.0. The zero-order valence-corrected chi connectivity index (χ0v) is 15.1. The lowest BCUT2D eigenvalue weighted by atomic mass is 10.2. The van der Waals surface area contributed by atoms with E-state index in [2.05, 4.69) is 15.5 Å². The average molecular weight is 392 g/mol. The first-order valence-corrected chi connectivity index (χ1v) is 9.03. The highest BCUT2D eigenvalue weighted by Gasteiger charge is 2.15. The number of hydrogen-bond acceptors (Lipinski definition) is 4. The van der Waals surface area contributed by atoms with Gasteiger partial charge in [-0.3, -0.25) is 4.79 Å². The number of benzene rings is 2. The summed E-state index contributed by atoms with van der Waals surface area (Å²) in [6.45, 7) is 2.40. The number of anilines is 1. The molecule has 3 aromatic rings. The molecule has 0 bridgehead atoms. The van der Waals surface area contributed by atoms with Crippen molar-refractivity contribution < 1.29 is 18.0 Å². The molecule has 1 aromatic heterocycles. The molecule has 0 saturated carbocycles. The van der Waals surface area contributed by atoms with Gasteiger partial charge in [-0.25, -0.2) is 13.2 Å². The van der Waals surface area contributed by atoms with Gasteiger partial charge in [-0.05, 0) is 31.2 Å². The predicted octanol–water partition coefficient (Wildman–Crippen LogP) is 4.11. The number of carbonyl (C=O) groups excluding carboxylic acids is 1. The van der Waals surface area contributed by atoms with Crippen LogP contribution in [0.1, 0.15) is 6.92 Å². The maximum atomic E-state index is 13.6. The van der Waals surface area contributed by atoms with Crippen LogP contribution in [-0.4, -0.2) is 26.4 Å². The Labute approximate surface area is 157 Å². The molecule has 0 spiro atoms. The van der Waals surface area contributed by atoms with Gasteiger partial charge in [0, 0.05) is 18.2 Å². The van der Waals surface area contributed by atoms with E-state index >= 15 is 0 Å². The second kappa shape index (κ2) is 8.26. The summed E-state index contributed by atoms with van der Waals surface area (Å²) in [6.07, 6.45) is 0. The summed E-state index contributed by atoms with van der Waals surface area (Å²) >= 11 is 1.11. The number of thioether (sulfide) groups is 1. The first-order valence-electron chi connectivity index (χ1n) is 8.04. The SMILES string of the molecule is CCn1c(SCC(=O)Nc2ccc(F)cc2F)nnc1-c1cccc(F)c1. The summed E-state index contributed by atoms with van der Waals surface area (Å²) in [5.41, 5.74) is 0.480. The minimum atomic E-state index is -0.849. The molecule has 2 aromatic carbocycles. The minimum absolute atomic E-state index is 0.0436. The standard InChI is InChI=1S/C18H15F3N4OS/c1-2-25-17(11-4-3-5-12(19)8-11)23-24-18(25)27-10-16(26)22-15-7-6-13(20)9-14(15)21/h3-9H,2,10H2,1H3,(H,22,26). The van der Waals surface area contributed by atoms with E-state index in [1.54, 1.807) is 16.7 Å². The van der Waals surface area contributed by atoms with Crippen LogP contribution < -0.4 is 5.32 Å². The minimum Gasteiger partial charge on any atom is -0.323 e. The molecular weight excluding hydrogens is 377 g/mol. The number of rotatable bonds is 6. The molecule has 0 fully saturated rings. The molecule has 140 valence electrons. The molecule has 0 atom stereocenters. The maximum Gasteiger partial charge on any atom is 0.234 e. The molecule has 1 heterocycles. The molecule has 1 N–H and O–H groups in total. The van der Waals surface area contributed by atoms with E-state index in [1.807, 2.05) is 6.92 Å². The Morgan fingerprint density at radius 2 is 1.89 bits per heavy atom. The highest BCUT2D eigenvalue weighted by atomic mass is 32.2. The van der Waals surface area contributed by atoms with Crippen LogP contribution in [0.2, 0.25) is 0 Å². The predicted molar refractivity (Wildman–Crippen MR) is 96.8 cm³/mol. The zero-order chi connectivity index (χ0) is 19.4. The molecule has 0 unspecified atom stereocenters. The van der Waals surface area contributed by atoms with Crippen molar-refractivity contribution in [3.63, 3.8) is 0 Å². The van der Waals surface area contributed by atoms with Crippen molar-refractivity contribution >= 4 is 23.4 Å². The average Bonchev–Trinajstić information content (AvgIpc) is 3.05. The molecule has 0 aliphatic carbocycles. The molecule has 5 nitrogen and oxygen atoms in total. The molecule has 0 aliphatic heterocycles. The zero-order valence-electron chi connectivity index (χ0n) is 14.2. The first kappa shape index (κ1) is 19.0. The van der Waals surface area contributed by atoms with Crippen molar-refractivity contribution in [3.05, 3.63) is 59.9 Å². The molecule has 27 heavy (non-hydrogen) atoms. The van der Waals surface area contributed by atoms with Gasteiger partial charge in [0.1, 0.15) is 17.5 Å². The van der Waals surface area contributed by atoms with Crippen LogP contribution in [-0.2, 0) is 11.3 Å². The van der Waals surface area contributed by atoms with Crippen molar-refractivity contribution in [2.24, 2.45) is 0 Å². The van der Waals surface area contributed by atoms with Crippen molar-refractivity contribution in [2.45, 2.75) is 18.6 Å². The Morgan fingerprint density at radius 1 is 1.11 bits per heavy atom. The van der Waals surface area contributed by atoms with Gasteiger partial charge in [0.15, 0.2) is 11.0 Å². The van der Waals surface area contributed by atoms with Crippen molar-refractivity contribution in [2.75, 3.05) is 11.1 Å². The van der Waals surface area contributed by atoms with Gasteiger partial charge >= 0.3 is 0 Å². The topological polar surface area (TPSA) is 59.8 Å². The smallest absolute Gasteiger partial charge is 0.234 e. The van der Waals surface area contributed by atoms with Crippen molar-refractivity contribution in [3.8, 4) is 11.4 Å². The third-order valence-corrected chi connectivity index (χ3v) is 4.62. The maximum absolute atomic E-state index is 13.6. The van der Waals surface area contributed by atoms with Crippen molar-refractivity contribution in [1.29, 1.82) is 0 Å². The van der Waals surface area contributed by atoms with Crippen LogP contribution in [0.25, 0.3) is 11.4 Å². The number of hydrogen-bond donors (Lipinski definition) is 1. The Morgan fingerprint density at radius 3 is 2.59 bits per heavy atom. The monoisotopic (exact) mass is 392 g/mol. The van der Waals surface area contributed by atoms with Gasteiger partial charge in [0.05, 0.1) is 11.4 Å². The highest BCUT2D eigenvalue weighted by Crippen LogP contribution is 2.25. The summed E-state index contributed by atoms with van der Waals surface area (Å²) in [4.78, 5) is 12.0. The molecule has 0 saturated heterocycles. The summed E-state index contributed by atoms with van der Waals surface area (Å²) in [5.74, 6) is -1.97. The van der Waals surface area contributed by atoms with Crippen LogP contribution in [0.5, 0.6) is 0 Å².